The van der Waals surface area contributed by atoms with Crippen LogP contribution in [-0.2, 0) is 33.9 Å². The van der Waals surface area contributed by atoms with Crippen LogP contribution >= 0.6 is 0 Å². The van der Waals surface area contributed by atoms with Crippen LogP contribution in [0.25, 0.3) is 0 Å². The van der Waals surface area contributed by atoms with Gasteiger partial charge >= 0.3 is 6.09 Å². The molecular weight excluding hydrogens is 626 g/mol. The Labute approximate surface area is 277 Å². The second kappa shape index (κ2) is 14.7. The highest BCUT2D eigenvalue weighted by Crippen LogP contribution is 2.50. The number of alkyl carbamates (subject to hydrolysis) is 1. The van der Waals surface area contributed by atoms with Gasteiger partial charge in [0.1, 0.15) is 29.8 Å². The lowest BCUT2D eigenvalue weighted by atomic mass is 9.96. The van der Waals surface area contributed by atoms with Crippen molar-refractivity contribution >= 4 is 39.7 Å². The summed E-state index contributed by atoms with van der Waals surface area (Å²) in [6, 6.07) is -3.62. The van der Waals surface area contributed by atoms with Crippen molar-refractivity contribution in [2.75, 3.05) is 6.54 Å². The van der Waals surface area contributed by atoms with Crippen molar-refractivity contribution in [3.05, 3.63) is 12.7 Å². The fourth-order valence-corrected chi connectivity index (χ4v) is 8.17. The quantitative estimate of drug-likeness (QED) is 0.0937. The molecule has 1 aliphatic heterocycles. The zero-order valence-electron chi connectivity index (χ0n) is 27.8. The molecule has 0 spiro atoms. The first-order valence-electron chi connectivity index (χ1n) is 16.5. The van der Waals surface area contributed by atoms with Crippen molar-refractivity contribution in [1.29, 1.82) is 5.41 Å². The van der Waals surface area contributed by atoms with E-state index in [1.165, 1.54) is 17.9 Å². The van der Waals surface area contributed by atoms with Crippen LogP contribution in [-0.4, -0.2) is 84.7 Å². The molecule has 7 atom stereocenters. The van der Waals surface area contributed by atoms with E-state index in [1.54, 1.807) is 0 Å². The van der Waals surface area contributed by atoms with Crippen LogP contribution in [0.5, 0.6) is 0 Å². The van der Waals surface area contributed by atoms with Gasteiger partial charge in [-0.2, -0.15) is 0 Å². The van der Waals surface area contributed by atoms with E-state index in [0.717, 1.165) is 25.7 Å². The summed E-state index contributed by atoms with van der Waals surface area (Å²) in [4.78, 5) is 55.9. The maximum atomic E-state index is 14.3. The molecule has 1 unspecified atom stereocenters. The van der Waals surface area contributed by atoms with Gasteiger partial charge in [0, 0.05) is 19.3 Å². The first-order chi connectivity index (χ1) is 22.1. The van der Waals surface area contributed by atoms with Gasteiger partial charge in [0.05, 0.1) is 17.7 Å². The summed E-state index contributed by atoms with van der Waals surface area (Å²) in [5, 5.41) is 12.5. The number of likely N-dealkylation sites (tertiary alicyclic amines) is 1. The smallest absolute Gasteiger partial charge is 0.408 e. The van der Waals surface area contributed by atoms with Crippen LogP contribution in [0, 0.1) is 41.4 Å². The number of amides is 4. The molecule has 0 aromatic heterocycles. The van der Waals surface area contributed by atoms with E-state index in [4.69, 9.17) is 21.3 Å². The van der Waals surface area contributed by atoms with Gasteiger partial charge in [0.2, 0.25) is 21.8 Å². The Morgan fingerprint density at radius 2 is 1.81 bits per heavy atom. The minimum absolute atomic E-state index is 0.00585. The predicted octanol–water partition coefficient (Wildman–Crippen LogP) is 2.61. The fourth-order valence-electron chi connectivity index (χ4n) is 6.83. The third-order valence-corrected chi connectivity index (χ3v) is 11.5. The highest BCUT2D eigenvalue weighted by atomic mass is 32.2. The van der Waals surface area contributed by atoms with Crippen LogP contribution in [0.1, 0.15) is 85.5 Å². The number of terminal acetylenes is 1. The molecule has 0 radical (unpaired) electrons. The summed E-state index contributed by atoms with van der Waals surface area (Å²) >= 11 is 0. The predicted molar refractivity (Wildman–Crippen MR) is 174 cm³/mol. The average Bonchev–Trinajstić information content (AvgIpc) is 3.81. The van der Waals surface area contributed by atoms with E-state index < -0.39 is 74.8 Å². The van der Waals surface area contributed by atoms with E-state index in [2.05, 4.69) is 37.0 Å². The number of nitrogens with one attached hydrogen (secondary N) is 4. The van der Waals surface area contributed by atoms with Crippen molar-refractivity contribution in [1.82, 2.24) is 20.3 Å². The molecule has 1 saturated heterocycles. The molecule has 1 heterocycles. The molecule has 3 aliphatic carbocycles. The van der Waals surface area contributed by atoms with E-state index in [0.29, 0.717) is 31.6 Å². The fraction of sp³-hybridized carbons (Fsp3) is 0.727. The zero-order chi connectivity index (χ0) is 34.7. The van der Waals surface area contributed by atoms with Gasteiger partial charge in [-0.25, -0.2) is 13.2 Å². The van der Waals surface area contributed by atoms with E-state index >= 15 is 0 Å². The van der Waals surface area contributed by atoms with Crippen molar-refractivity contribution < 1.29 is 37.1 Å². The summed E-state index contributed by atoms with van der Waals surface area (Å²) < 4.78 is 38.5. The molecule has 3 saturated carbocycles. The number of hydrogen-bond acceptors (Lipinski definition) is 9. The number of rotatable bonds is 14. The van der Waals surface area contributed by atoms with Gasteiger partial charge in [-0.1, -0.05) is 38.7 Å². The summed E-state index contributed by atoms with van der Waals surface area (Å²) in [5.41, 5.74) is -0.602. The second-order valence-electron chi connectivity index (χ2n) is 14.1. The van der Waals surface area contributed by atoms with Gasteiger partial charge in [0.15, 0.2) is 5.90 Å². The number of nitrogens with zero attached hydrogens (tertiary/aromatic N) is 1. The van der Waals surface area contributed by atoms with Gasteiger partial charge in [-0.05, 0) is 57.3 Å². The number of carbonyl (C=O) groups is 4. The number of hydrogen-bond donors (Lipinski definition) is 4. The Kier molecular flexibility index (Phi) is 11.3. The monoisotopic (exact) mass is 675 g/mol. The molecule has 4 aliphatic rings. The topological polar surface area (TPSA) is 184 Å². The molecule has 4 rings (SSSR count). The molecule has 4 N–H and O–H groups in total. The Morgan fingerprint density at radius 3 is 2.36 bits per heavy atom. The molecule has 260 valence electrons. The molecule has 13 nitrogen and oxygen atoms in total. The lowest BCUT2D eigenvalue weighted by molar-refractivity contribution is -0.141. The minimum atomic E-state index is -3.95. The molecule has 4 amide bonds. The Balaban J connectivity index is 1.54. The lowest BCUT2D eigenvalue weighted by Gasteiger charge is -2.32. The van der Waals surface area contributed by atoms with Crippen LogP contribution in [0.15, 0.2) is 12.7 Å². The highest BCUT2D eigenvalue weighted by Gasteiger charge is 2.54. The first kappa shape index (κ1) is 36.2. The van der Waals surface area contributed by atoms with Crippen LogP contribution in [0.4, 0.5) is 4.79 Å². The van der Waals surface area contributed by atoms with Crippen LogP contribution in [0.2, 0.25) is 0 Å². The highest BCUT2D eigenvalue weighted by molar-refractivity contribution is 7.90. The third-order valence-electron chi connectivity index (χ3n) is 9.63. The Hall–Kier alpha value is -3.60. The molecule has 0 aromatic rings. The maximum absolute atomic E-state index is 14.3. The van der Waals surface area contributed by atoms with Crippen molar-refractivity contribution in [2.45, 2.75) is 121 Å². The SMILES string of the molecule is C#C[C@@H](C=C)C(NC(=O)[C@@H]1C[C@@H](OC(C)=N)CN1C(=O)[C@@H](NC(=O)O[C@@]1(C)C[C@@H]1CC(C)C)C1CCCC1)C(=O)NS(=O)(=O)C1CC1. The summed E-state index contributed by atoms with van der Waals surface area (Å²) in [5.74, 6) is -0.551. The summed E-state index contributed by atoms with van der Waals surface area (Å²) in [6.45, 7) is 11.1. The number of ether oxygens (including phenoxy) is 2. The van der Waals surface area contributed by atoms with Gasteiger partial charge in [-0.3, -0.25) is 24.5 Å². The Bertz CT molecular complexity index is 1400. The Morgan fingerprint density at radius 1 is 1.15 bits per heavy atom. The number of carbonyl (C=O) groups excluding carboxylic acids is 4. The molecule has 0 bridgehead atoms. The van der Waals surface area contributed by atoms with Crippen molar-refractivity contribution in [3.63, 3.8) is 0 Å². The average molecular weight is 676 g/mol. The molecule has 0 aromatic carbocycles. The van der Waals surface area contributed by atoms with Crippen molar-refractivity contribution in [3.8, 4) is 12.3 Å². The molecular formula is C33H49N5O8S. The van der Waals surface area contributed by atoms with Gasteiger partial charge in [-0.15, -0.1) is 13.0 Å². The molecule has 14 heteroatoms. The van der Waals surface area contributed by atoms with Crippen molar-refractivity contribution in [2.24, 2.45) is 23.7 Å². The minimum Gasteiger partial charge on any atom is -0.476 e. The van der Waals surface area contributed by atoms with E-state index in [9.17, 15) is 27.6 Å². The second-order valence-corrected chi connectivity index (χ2v) is 16.0. The van der Waals surface area contributed by atoms with Gasteiger partial charge < -0.3 is 25.0 Å². The summed E-state index contributed by atoms with van der Waals surface area (Å²) in [6.07, 6.45) is 11.2. The first-order valence-corrected chi connectivity index (χ1v) is 18.1. The maximum Gasteiger partial charge on any atom is 0.408 e. The van der Waals surface area contributed by atoms with Gasteiger partial charge in [0.25, 0.3) is 5.91 Å². The lowest BCUT2D eigenvalue weighted by Crippen LogP contribution is -2.59. The van der Waals surface area contributed by atoms with Crippen LogP contribution < -0.4 is 15.4 Å². The normalized spacial score (nSPS) is 27.6. The zero-order valence-corrected chi connectivity index (χ0v) is 28.6. The molecule has 47 heavy (non-hydrogen) atoms. The van der Waals surface area contributed by atoms with Crippen LogP contribution in [0.3, 0.4) is 0 Å². The largest absolute Gasteiger partial charge is 0.476 e. The molecule has 4 fully saturated rings. The number of sulfonamides is 1. The summed E-state index contributed by atoms with van der Waals surface area (Å²) in [7, 11) is -3.95. The van der Waals surface area contributed by atoms with E-state index in [-0.39, 0.29) is 30.7 Å². The standard InChI is InChI=1S/C33H49N5O8S/c1-7-21(8-2)27(30(40)37-47(43,44)25-13-14-25)35-29(39)26-16-24(45-20(5)34)18-38(26)31(41)28(22-11-9-10-12-22)36-32(42)46-33(6)17-23(33)15-19(3)4/h1,8,19,21-28,34H,2,9-18H2,3-6H3,(H,35,39)(H,36,42)(H,37,40)/t21-,23-,24+,26-,27?,28-,33-/m0/s1. The van der Waals surface area contributed by atoms with E-state index in [1.807, 2.05) is 11.6 Å². The third kappa shape index (κ3) is 9.06.